The van der Waals surface area contributed by atoms with Gasteiger partial charge in [-0.3, -0.25) is 0 Å². The van der Waals surface area contributed by atoms with Crippen LogP contribution in [0.4, 0.5) is 15.8 Å². The van der Waals surface area contributed by atoms with E-state index < -0.39 is 5.82 Å². The molecule has 5 heteroatoms. The molecule has 0 saturated carbocycles. The Kier molecular flexibility index (Phi) is 4.17. The molecule has 0 heterocycles. The predicted octanol–water partition coefficient (Wildman–Crippen LogP) is 4.35. The molecule has 0 saturated heterocycles. The first-order valence-corrected chi connectivity index (χ1v) is 6.43. The lowest BCUT2D eigenvalue weighted by molar-refractivity contribution is 0.627. The summed E-state index contributed by atoms with van der Waals surface area (Å²) < 4.78 is 13.1. The highest BCUT2D eigenvalue weighted by molar-refractivity contribution is 6.31. The number of hydrogen-bond acceptors (Lipinski definition) is 2. The minimum absolute atomic E-state index is 0.116. The molecule has 0 aromatic heterocycles. The number of nitrogens with two attached hydrogens (primary N) is 1. The molecule has 100 valence electrons. The Labute approximate surface area is 121 Å². The quantitative estimate of drug-likeness (QED) is 0.854. The molecule has 0 bridgehead atoms. The fraction of sp³-hybridized carbons (Fsp3) is 0.143. The molecule has 0 unspecified atom stereocenters. The van der Waals surface area contributed by atoms with E-state index in [9.17, 15) is 4.39 Å². The van der Waals surface area contributed by atoms with Crippen molar-refractivity contribution in [1.29, 1.82) is 0 Å². The van der Waals surface area contributed by atoms with Gasteiger partial charge in [-0.25, -0.2) is 4.39 Å². The Morgan fingerprint density at radius 1 is 1.16 bits per heavy atom. The first kappa shape index (κ1) is 14.0. The van der Waals surface area contributed by atoms with Crippen molar-refractivity contribution in [3.8, 4) is 0 Å². The van der Waals surface area contributed by atoms with Crippen LogP contribution in [0, 0.1) is 5.82 Å². The van der Waals surface area contributed by atoms with Gasteiger partial charge < -0.3 is 10.6 Å². The lowest BCUT2D eigenvalue weighted by Gasteiger charge is -2.21. The van der Waals surface area contributed by atoms with Crippen molar-refractivity contribution in [2.45, 2.75) is 6.54 Å². The van der Waals surface area contributed by atoms with Crippen molar-refractivity contribution in [2.75, 3.05) is 17.7 Å². The van der Waals surface area contributed by atoms with E-state index in [0.717, 1.165) is 11.3 Å². The number of benzene rings is 2. The van der Waals surface area contributed by atoms with Gasteiger partial charge in [0.2, 0.25) is 0 Å². The molecule has 2 N–H and O–H groups in total. The van der Waals surface area contributed by atoms with Crippen LogP contribution in [-0.2, 0) is 6.54 Å². The normalized spacial score (nSPS) is 10.5. The second-order valence-electron chi connectivity index (χ2n) is 4.31. The maximum absolute atomic E-state index is 13.1. The molecule has 0 aliphatic carbocycles. The summed E-state index contributed by atoms with van der Waals surface area (Å²) in [5.41, 5.74) is 8.27. The van der Waals surface area contributed by atoms with Gasteiger partial charge in [-0.05, 0) is 35.9 Å². The van der Waals surface area contributed by atoms with Crippen LogP contribution < -0.4 is 10.6 Å². The van der Waals surface area contributed by atoms with Crippen molar-refractivity contribution >= 4 is 34.6 Å². The topological polar surface area (TPSA) is 29.3 Å². The molecule has 0 radical (unpaired) electrons. The standard InChI is InChI=1S/C14H13Cl2FN2/c1-19(14-7-10(15)3-5-13(14)18)8-9-2-4-12(17)11(16)6-9/h2-7H,8,18H2,1H3. The van der Waals surface area contributed by atoms with Gasteiger partial charge in [0.15, 0.2) is 0 Å². The molecule has 0 aliphatic rings. The summed E-state index contributed by atoms with van der Waals surface area (Å²) in [5.74, 6) is -0.421. The summed E-state index contributed by atoms with van der Waals surface area (Å²) in [4.78, 5) is 1.94. The van der Waals surface area contributed by atoms with E-state index in [1.165, 1.54) is 6.07 Å². The second-order valence-corrected chi connectivity index (χ2v) is 5.15. The second kappa shape index (κ2) is 5.68. The van der Waals surface area contributed by atoms with Crippen molar-refractivity contribution in [3.63, 3.8) is 0 Å². The van der Waals surface area contributed by atoms with E-state index in [1.807, 2.05) is 11.9 Å². The number of nitrogen functional groups attached to an aromatic ring is 1. The predicted molar refractivity (Wildman–Crippen MR) is 79.4 cm³/mol. The van der Waals surface area contributed by atoms with Gasteiger partial charge in [0.05, 0.1) is 16.4 Å². The monoisotopic (exact) mass is 298 g/mol. The van der Waals surface area contributed by atoms with Crippen molar-refractivity contribution in [3.05, 3.63) is 57.8 Å². The Morgan fingerprint density at radius 2 is 1.89 bits per heavy atom. The number of nitrogens with zero attached hydrogens (tertiary/aromatic N) is 1. The molecule has 0 amide bonds. The SMILES string of the molecule is CN(Cc1ccc(F)c(Cl)c1)c1cc(Cl)ccc1N. The Hall–Kier alpha value is -1.45. The highest BCUT2D eigenvalue weighted by Crippen LogP contribution is 2.27. The smallest absolute Gasteiger partial charge is 0.141 e. The molecule has 0 atom stereocenters. The van der Waals surface area contributed by atoms with E-state index in [2.05, 4.69) is 0 Å². The summed E-state index contributed by atoms with van der Waals surface area (Å²) in [6.45, 7) is 0.560. The minimum Gasteiger partial charge on any atom is -0.397 e. The highest BCUT2D eigenvalue weighted by Gasteiger charge is 2.08. The third kappa shape index (κ3) is 3.31. The summed E-state index contributed by atoms with van der Waals surface area (Å²) in [7, 11) is 1.89. The summed E-state index contributed by atoms with van der Waals surface area (Å²) in [6.07, 6.45) is 0. The molecule has 2 aromatic carbocycles. The summed E-state index contributed by atoms with van der Waals surface area (Å²) in [5, 5.41) is 0.734. The van der Waals surface area contributed by atoms with E-state index >= 15 is 0 Å². The van der Waals surface area contributed by atoms with Crippen LogP contribution in [-0.4, -0.2) is 7.05 Å². The molecule has 0 fully saturated rings. The maximum Gasteiger partial charge on any atom is 0.141 e. The molecular weight excluding hydrogens is 286 g/mol. The Balaban J connectivity index is 2.22. The average Bonchev–Trinajstić information content (AvgIpc) is 2.36. The minimum atomic E-state index is -0.421. The zero-order valence-corrected chi connectivity index (χ0v) is 11.8. The van der Waals surface area contributed by atoms with E-state index in [1.54, 1.807) is 30.3 Å². The van der Waals surface area contributed by atoms with E-state index in [4.69, 9.17) is 28.9 Å². The first-order valence-electron chi connectivity index (χ1n) is 5.67. The van der Waals surface area contributed by atoms with Gasteiger partial charge in [-0.15, -0.1) is 0 Å². The molecule has 2 nitrogen and oxygen atoms in total. The number of halogens is 3. The Morgan fingerprint density at radius 3 is 2.58 bits per heavy atom. The molecule has 0 aliphatic heterocycles. The van der Waals surface area contributed by atoms with Crippen molar-refractivity contribution in [1.82, 2.24) is 0 Å². The van der Waals surface area contributed by atoms with Crippen LogP contribution in [0.2, 0.25) is 10.0 Å². The average molecular weight is 299 g/mol. The fourth-order valence-corrected chi connectivity index (χ4v) is 2.21. The van der Waals surface area contributed by atoms with Gasteiger partial charge in [-0.2, -0.15) is 0 Å². The number of hydrogen-bond donors (Lipinski definition) is 1. The fourth-order valence-electron chi connectivity index (χ4n) is 1.84. The lowest BCUT2D eigenvalue weighted by atomic mass is 10.2. The summed E-state index contributed by atoms with van der Waals surface area (Å²) in [6, 6.07) is 9.94. The maximum atomic E-state index is 13.1. The zero-order valence-electron chi connectivity index (χ0n) is 10.3. The van der Waals surface area contributed by atoms with Crippen molar-refractivity contribution in [2.24, 2.45) is 0 Å². The van der Waals surface area contributed by atoms with Gasteiger partial charge in [-0.1, -0.05) is 29.3 Å². The number of anilines is 2. The van der Waals surface area contributed by atoms with Crippen LogP contribution >= 0.6 is 23.2 Å². The highest BCUT2D eigenvalue weighted by atomic mass is 35.5. The first-order chi connectivity index (χ1) is 8.97. The van der Waals surface area contributed by atoms with Gasteiger partial charge in [0, 0.05) is 18.6 Å². The molecule has 2 rings (SSSR count). The molecular formula is C14H13Cl2FN2. The van der Waals surface area contributed by atoms with Crippen LogP contribution in [0.5, 0.6) is 0 Å². The van der Waals surface area contributed by atoms with Crippen LogP contribution in [0.25, 0.3) is 0 Å². The van der Waals surface area contributed by atoms with Crippen molar-refractivity contribution < 1.29 is 4.39 Å². The largest absolute Gasteiger partial charge is 0.397 e. The number of rotatable bonds is 3. The lowest BCUT2D eigenvalue weighted by Crippen LogP contribution is -2.17. The van der Waals surface area contributed by atoms with Crippen LogP contribution in [0.1, 0.15) is 5.56 Å². The third-order valence-electron chi connectivity index (χ3n) is 2.81. The van der Waals surface area contributed by atoms with Crippen LogP contribution in [0.15, 0.2) is 36.4 Å². The third-order valence-corrected chi connectivity index (χ3v) is 3.33. The van der Waals surface area contributed by atoms with Gasteiger partial charge in [0.25, 0.3) is 0 Å². The van der Waals surface area contributed by atoms with Gasteiger partial charge >= 0.3 is 0 Å². The molecule has 19 heavy (non-hydrogen) atoms. The molecule has 2 aromatic rings. The molecule has 0 spiro atoms. The van der Waals surface area contributed by atoms with Crippen LogP contribution in [0.3, 0.4) is 0 Å². The van der Waals surface area contributed by atoms with E-state index in [0.29, 0.717) is 17.3 Å². The zero-order chi connectivity index (χ0) is 14.0. The van der Waals surface area contributed by atoms with Gasteiger partial charge in [0.1, 0.15) is 5.82 Å². The Bertz CT molecular complexity index is 602. The van der Waals surface area contributed by atoms with E-state index in [-0.39, 0.29) is 5.02 Å². The summed E-state index contributed by atoms with van der Waals surface area (Å²) >= 11 is 11.7.